The Morgan fingerprint density at radius 3 is 3.00 bits per heavy atom. The first kappa shape index (κ1) is 12.5. The fourth-order valence-electron chi connectivity index (χ4n) is 2.81. The van der Waals surface area contributed by atoms with Gasteiger partial charge in [-0.2, -0.15) is 0 Å². The number of aryl methyl sites for hydroxylation is 1. The van der Waals surface area contributed by atoms with Gasteiger partial charge in [0.15, 0.2) is 0 Å². The van der Waals surface area contributed by atoms with Gasteiger partial charge in [0.1, 0.15) is 0 Å². The predicted molar refractivity (Wildman–Crippen MR) is 70.6 cm³/mol. The van der Waals surface area contributed by atoms with Gasteiger partial charge in [0.05, 0.1) is 5.69 Å². The third kappa shape index (κ3) is 3.05. The zero-order chi connectivity index (χ0) is 12.3. The lowest BCUT2D eigenvalue weighted by atomic mass is 9.90. The summed E-state index contributed by atoms with van der Waals surface area (Å²) in [6.07, 6.45) is 2.59. The Kier molecular flexibility index (Phi) is 4.13. The lowest BCUT2D eigenvalue weighted by molar-refractivity contribution is 0.0977. The number of hydrogen-bond acceptors (Lipinski definition) is 3. The SMILES string of the molecule is Cc1cccc(CN2CCCC(C)C2CN)n1. The molecule has 0 aliphatic carbocycles. The molecule has 3 heteroatoms. The van der Waals surface area contributed by atoms with Crippen LogP contribution in [0.25, 0.3) is 0 Å². The first-order chi connectivity index (χ1) is 8.20. The second-order valence-corrected chi connectivity index (χ2v) is 5.16. The lowest BCUT2D eigenvalue weighted by Gasteiger charge is -2.39. The van der Waals surface area contributed by atoms with Crippen molar-refractivity contribution in [1.82, 2.24) is 9.88 Å². The Bertz CT molecular complexity index is 364. The van der Waals surface area contributed by atoms with Crippen LogP contribution in [0.5, 0.6) is 0 Å². The van der Waals surface area contributed by atoms with Crippen LogP contribution >= 0.6 is 0 Å². The fourth-order valence-corrected chi connectivity index (χ4v) is 2.81. The number of nitrogens with zero attached hydrogens (tertiary/aromatic N) is 2. The Morgan fingerprint density at radius 2 is 2.29 bits per heavy atom. The minimum atomic E-state index is 0.520. The molecular weight excluding hydrogens is 210 g/mol. The van der Waals surface area contributed by atoms with Crippen molar-refractivity contribution in [3.05, 3.63) is 29.6 Å². The van der Waals surface area contributed by atoms with Gasteiger partial charge in [0.25, 0.3) is 0 Å². The summed E-state index contributed by atoms with van der Waals surface area (Å²) in [5, 5.41) is 0. The van der Waals surface area contributed by atoms with Crippen molar-refractivity contribution in [2.75, 3.05) is 13.1 Å². The Labute approximate surface area is 104 Å². The van der Waals surface area contributed by atoms with Crippen molar-refractivity contribution < 1.29 is 0 Å². The van der Waals surface area contributed by atoms with Crippen LogP contribution in [0.2, 0.25) is 0 Å². The van der Waals surface area contributed by atoms with E-state index in [0.717, 1.165) is 31.0 Å². The molecule has 0 radical (unpaired) electrons. The zero-order valence-electron chi connectivity index (χ0n) is 10.9. The maximum atomic E-state index is 5.91. The number of likely N-dealkylation sites (tertiary alicyclic amines) is 1. The molecule has 1 aliphatic heterocycles. The van der Waals surface area contributed by atoms with E-state index in [0.29, 0.717) is 12.0 Å². The van der Waals surface area contributed by atoms with Gasteiger partial charge in [-0.1, -0.05) is 13.0 Å². The summed E-state index contributed by atoms with van der Waals surface area (Å²) in [6.45, 7) is 7.21. The van der Waals surface area contributed by atoms with Crippen LogP contribution in [-0.4, -0.2) is 29.0 Å². The van der Waals surface area contributed by atoms with E-state index in [2.05, 4.69) is 28.9 Å². The highest BCUT2D eigenvalue weighted by Gasteiger charge is 2.27. The molecule has 1 aromatic heterocycles. The average Bonchev–Trinajstić information content (AvgIpc) is 2.29. The first-order valence-corrected chi connectivity index (χ1v) is 6.57. The monoisotopic (exact) mass is 233 g/mol. The number of aromatic nitrogens is 1. The topological polar surface area (TPSA) is 42.1 Å². The molecule has 2 unspecified atom stereocenters. The Hall–Kier alpha value is -0.930. The summed E-state index contributed by atoms with van der Waals surface area (Å²) in [7, 11) is 0. The number of nitrogens with two attached hydrogens (primary N) is 1. The van der Waals surface area contributed by atoms with E-state index in [1.165, 1.54) is 12.8 Å². The third-order valence-electron chi connectivity index (χ3n) is 3.78. The van der Waals surface area contributed by atoms with Gasteiger partial charge in [-0.3, -0.25) is 9.88 Å². The quantitative estimate of drug-likeness (QED) is 0.867. The average molecular weight is 233 g/mol. The molecule has 2 rings (SSSR count). The molecular formula is C14H23N3. The number of hydrogen-bond donors (Lipinski definition) is 1. The highest BCUT2D eigenvalue weighted by molar-refractivity contribution is 5.10. The van der Waals surface area contributed by atoms with E-state index in [-0.39, 0.29) is 0 Å². The number of pyridine rings is 1. The molecule has 3 nitrogen and oxygen atoms in total. The maximum absolute atomic E-state index is 5.91. The van der Waals surface area contributed by atoms with Gasteiger partial charge in [0.2, 0.25) is 0 Å². The smallest absolute Gasteiger partial charge is 0.0547 e. The summed E-state index contributed by atoms with van der Waals surface area (Å²) in [5.41, 5.74) is 8.16. The van der Waals surface area contributed by atoms with E-state index in [4.69, 9.17) is 5.73 Å². The summed E-state index contributed by atoms with van der Waals surface area (Å²) in [5.74, 6) is 0.707. The summed E-state index contributed by atoms with van der Waals surface area (Å²) >= 11 is 0. The number of rotatable bonds is 3. The molecule has 1 aliphatic rings. The summed E-state index contributed by atoms with van der Waals surface area (Å²) < 4.78 is 0. The van der Waals surface area contributed by atoms with Crippen LogP contribution in [0.4, 0.5) is 0 Å². The van der Waals surface area contributed by atoms with Crippen LogP contribution in [0, 0.1) is 12.8 Å². The van der Waals surface area contributed by atoms with Gasteiger partial charge < -0.3 is 5.73 Å². The van der Waals surface area contributed by atoms with Gasteiger partial charge >= 0.3 is 0 Å². The van der Waals surface area contributed by atoms with Gasteiger partial charge in [-0.15, -0.1) is 0 Å². The highest BCUT2D eigenvalue weighted by Crippen LogP contribution is 2.23. The number of piperidine rings is 1. The van der Waals surface area contributed by atoms with E-state index in [9.17, 15) is 0 Å². The first-order valence-electron chi connectivity index (χ1n) is 6.57. The van der Waals surface area contributed by atoms with Crippen LogP contribution < -0.4 is 5.73 Å². The molecule has 0 amide bonds. The highest BCUT2D eigenvalue weighted by atomic mass is 15.2. The van der Waals surface area contributed by atoms with Crippen molar-refractivity contribution in [2.45, 2.75) is 39.3 Å². The zero-order valence-corrected chi connectivity index (χ0v) is 10.9. The molecule has 17 heavy (non-hydrogen) atoms. The molecule has 94 valence electrons. The van der Waals surface area contributed by atoms with Crippen molar-refractivity contribution in [3.63, 3.8) is 0 Å². The third-order valence-corrected chi connectivity index (χ3v) is 3.78. The van der Waals surface area contributed by atoms with Crippen LogP contribution in [-0.2, 0) is 6.54 Å². The van der Waals surface area contributed by atoms with Crippen LogP contribution in [0.15, 0.2) is 18.2 Å². The minimum Gasteiger partial charge on any atom is -0.329 e. The van der Waals surface area contributed by atoms with E-state index >= 15 is 0 Å². The largest absolute Gasteiger partial charge is 0.329 e. The molecule has 1 saturated heterocycles. The van der Waals surface area contributed by atoms with E-state index < -0.39 is 0 Å². The molecule has 1 fully saturated rings. The molecule has 0 saturated carbocycles. The normalized spacial score (nSPS) is 26.1. The molecule has 1 aromatic rings. The van der Waals surface area contributed by atoms with Crippen LogP contribution in [0.3, 0.4) is 0 Å². The molecule has 0 bridgehead atoms. The summed E-state index contributed by atoms with van der Waals surface area (Å²) in [4.78, 5) is 7.07. The lowest BCUT2D eigenvalue weighted by Crippen LogP contribution is -2.48. The van der Waals surface area contributed by atoms with Crippen molar-refractivity contribution in [1.29, 1.82) is 0 Å². The van der Waals surface area contributed by atoms with Crippen molar-refractivity contribution in [2.24, 2.45) is 11.7 Å². The molecule has 0 aromatic carbocycles. The van der Waals surface area contributed by atoms with Gasteiger partial charge in [0, 0.05) is 24.8 Å². The standard InChI is InChI=1S/C14H23N3/c1-11-5-4-8-17(14(11)9-15)10-13-7-3-6-12(2)16-13/h3,6-7,11,14H,4-5,8-10,15H2,1-2H3. The second-order valence-electron chi connectivity index (χ2n) is 5.16. The molecule has 2 heterocycles. The molecule has 2 atom stereocenters. The Morgan fingerprint density at radius 1 is 1.47 bits per heavy atom. The molecule has 2 N–H and O–H groups in total. The van der Waals surface area contributed by atoms with Gasteiger partial charge in [-0.25, -0.2) is 0 Å². The Balaban J connectivity index is 2.06. The van der Waals surface area contributed by atoms with Crippen LogP contribution in [0.1, 0.15) is 31.2 Å². The minimum absolute atomic E-state index is 0.520. The predicted octanol–water partition coefficient (Wildman–Crippen LogP) is 1.95. The maximum Gasteiger partial charge on any atom is 0.0547 e. The second kappa shape index (κ2) is 5.61. The molecule has 0 spiro atoms. The van der Waals surface area contributed by atoms with Crippen molar-refractivity contribution >= 4 is 0 Å². The van der Waals surface area contributed by atoms with Crippen molar-refractivity contribution in [3.8, 4) is 0 Å². The van der Waals surface area contributed by atoms with E-state index in [1.807, 2.05) is 13.0 Å². The van der Waals surface area contributed by atoms with Gasteiger partial charge in [-0.05, 0) is 44.4 Å². The summed E-state index contributed by atoms with van der Waals surface area (Å²) in [6, 6.07) is 6.76. The fraction of sp³-hybridized carbons (Fsp3) is 0.643. The van der Waals surface area contributed by atoms with E-state index in [1.54, 1.807) is 0 Å².